The first-order valence-corrected chi connectivity index (χ1v) is 10.2. The molecular formula is C21H31FN4O2. The molecule has 3 atom stereocenters. The molecule has 2 aliphatic carbocycles. The van der Waals surface area contributed by atoms with Gasteiger partial charge in [0.1, 0.15) is 6.10 Å². The van der Waals surface area contributed by atoms with E-state index in [9.17, 15) is 9.18 Å². The van der Waals surface area contributed by atoms with E-state index in [1.54, 1.807) is 25.2 Å². The number of nitrogens with zero attached hydrogens (tertiary/aromatic N) is 1. The second-order valence-electron chi connectivity index (χ2n) is 7.80. The lowest BCUT2D eigenvalue weighted by Gasteiger charge is -2.30. The number of halogens is 1. The Morgan fingerprint density at radius 3 is 2.71 bits per heavy atom. The summed E-state index contributed by atoms with van der Waals surface area (Å²) < 4.78 is 19.3. The topological polar surface area (TPSA) is 74.8 Å². The molecular weight excluding hydrogens is 359 g/mol. The van der Waals surface area contributed by atoms with E-state index in [1.807, 2.05) is 6.92 Å². The second kappa shape index (κ2) is 9.75. The maximum Gasteiger partial charge on any atom is 0.223 e. The summed E-state index contributed by atoms with van der Waals surface area (Å²) in [5.41, 5.74) is 0. The molecule has 1 aromatic carbocycles. The number of guanidine groups is 1. The van der Waals surface area contributed by atoms with E-state index in [0.717, 1.165) is 38.5 Å². The average Bonchev–Trinajstić information content (AvgIpc) is 3.51. The quantitative estimate of drug-likeness (QED) is 0.494. The number of hydrogen-bond donors (Lipinski definition) is 3. The summed E-state index contributed by atoms with van der Waals surface area (Å²) in [6, 6.07) is 7.02. The largest absolute Gasteiger partial charge is 0.486 e. The molecule has 28 heavy (non-hydrogen) atoms. The molecule has 0 saturated heterocycles. The van der Waals surface area contributed by atoms with E-state index >= 15 is 0 Å². The summed E-state index contributed by atoms with van der Waals surface area (Å²) in [6.07, 6.45) is 5.84. The molecule has 7 heteroatoms. The number of benzene rings is 1. The number of carbonyl (C=O) groups is 1. The normalized spacial score (nSPS) is 23.6. The highest BCUT2D eigenvalue weighted by Gasteiger charge is 2.31. The third-order valence-electron chi connectivity index (χ3n) is 5.25. The molecule has 0 heterocycles. The summed E-state index contributed by atoms with van der Waals surface area (Å²) >= 11 is 0. The van der Waals surface area contributed by atoms with Crippen LogP contribution in [-0.4, -0.2) is 43.6 Å². The Morgan fingerprint density at radius 1 is 1.21 bits per heavy atom. The van der Waals surface area contributed by atoms with Gasteiger partial charge in [-0.25, -0.2) is 4.39 Å². The van der Waals surface area contributed by atoms with Crippen molar-refractivity contribution < 1.29 is 13.9 Å². The van der Waals surface area contributed by atoms with E-state index in [4.69, 9.17) is 4.74 Å². The van der Waals surface area contributed by atoms with Gasteiger partial charge in [0.05, 0.1) is 6.54 Å². The van der Waals surface area contributed by atoms with Gasteiger partial charge in [-0.1, -0.05) is 18.6 Å². The summed E-state index contributed by atoms with van der Waals surface area (Å²) in [6.45, 7) is 2.37. The summed E-state index contributed by atoms with van der Waals surface area (Å²) in [5, 5.41) is 9.77. The van der Waals surface area contributed by atoms with Crippen molar-refractivity contribution in [3.05, 3.63) is 30.1 Å². The number of amides is 1. The zero-order valence-electron chi connectivity index (χ0n) is 16.7. The van der Waals surface area contributed by atoms with Crippen LogP contribution < -0.4 is 20.7 Å². The Bertz CT molecular complexity index is 693. The number of carbonyl (C=O) groups excluding carboxylic acids is 1. The van der Waals surface area contributed by atoms with Gasteiger partial charge in [-0.3, -0.25) is 9.79 Å². The van der Waals surface area contributed by atoms with Crippen LogP contribution >= 0.6 is 0 Å². The molecule has 2 saturated carbocycles. The number of nitrogens with one attached hydrogen (secondary N) is 3. The number of rotatable bonds is 7. The van der Waals surface area contributed by atoms with Crippen LogP contribution in [0, 0.1) is 11.7 Å². The van der Waals surface area contributed by atoms with Crippen molar-refractivity contribution >= 4 is 11.9 Å². The van der Waals surface area contributed by atoms with Crippen LogP contribution in [0.3, 0.4) is 0 Å². The number of aliphatic imine (C=N–C) groups is 1. The molecule has 0 bridgehead atoms. The van der Waals surface area contributed by atoms with Gasteiger partial charge in [-0.15, -0.1) is 0 Å². The number of ether oxygens (including phenoxy) is 1. The van der Waals surface area contributed by atoms with E-state index < -0.39 is 0 Å². The van der Waals surface area contributed by atoms with Gasteiger partial charge in [0.25, 0.3) is 0 Å². The molecule has 154 valence electrons. The third kappa shape index (κ3) is 6.11. The van der Waals surface area contributed by atoms with Crippen LogP contribution in [0.15, 0.2) is 29.3 Å². The Labute approximate surface area is 166 Å². The fraction of sp³-hybridized carbons (Fsp3) is 0.619. The molecule has 1 amide bonds. The molecule has 0 aromatic heterocycles. The van der Waals surface area contributed by atoms with E-state index in [-0.39, 0.29) is 35.5 Å². The highest BCUT2D eigenvalue weighted by atomic mass is 19.1. The zero-order valence-corrected chi connectivity index (χ0v) is 16.7. The van der Waals surface area contributed by atoms with Crippen LogP contribution in [0.2, 0.25) is 0 Å². The Hall–Kier alpha value is -2.31. The minimum absolute atomic E-state index is 0.0771. The third-order valence-corrected chi connectivity index (χ3v) is 5.25. The lowest BCUT2D eigenvalue weighted by atomic mass is 9.85. The Kier molecular flexibility index (Phi) is 7.12. The summed E-state index contributed by atoms with van der Waals surface area (Å²) in [5.74, 6) is 0.834. The molecule has 2 aliphatic rings. The lowest BCUT2D eigenvalue weighted by Crippen LogP contribution is -2.48. The Balaban J connectivity index is 1.43. The van der Waals surface area contributed by atoms with Crippen molar-refractivity contribution in [1.82, 2.24) is 16.0 Å². The highest BCUT2D eigenvalue weighted by Crippen LogP contribution is 2.26. The lowest BCUT2D eigenvalue weighted by molar-refractivity contribution is -0.126. The second-order valence-corrected chi connectivity index (χ2v) is 7.80. The van der Waals surface area contributed by atoms with Crippen molar-refractivity contribution in [3.8, 4) is 5.75 Å². The van der Waals surface area contributed by atoms with Gasteiger partial charge in [0, 0.05) is 25.0 Å². The maximum atomic E-state index is 13.7. The molecule has 3 rings (SSSR count). The minimum Gasteiger partial charge on any atom is -0.486 e. The van der Waals surface area contributed by atoms with Crippen LogP contribution in [-0.2, 0) is 4.79 Å². The van der Waals surface area contributed by atoms with Gasteiger partial charge in [0.2, 0.25) is 5.91 Å². The zero-order chi connectivity index (χ0) is 19.9. The van der Waals surface area contributed by atoms with Crippen molar-refractivity contribution in [2.45, 2.75) is 63.6 Å². The highest BCUT2D eigenvalue weighted by molar-refractivity contribution is 5.81. The summed E-state index contributed by atoms with van der Waals surface area (Å²) in [7, 11) is 1.72. The van der Waals surface area contributed by atoms with Crippen LogP contribution in [0.25, 0.3) is 0 Å². The van der Waals surface area contributed by atoms with Gasteiger partial charge in [0.15, 0.2) is 17.5 Å². The van der Waals surface area contributed by atoms with Crippen molar-refractivity contribution in [3.63, 3.8) is 0 Å². The fourth-order valence-corrected chi connectivity index (χ4v) is 3.53. The number of para-hydroxylation sites is 1. The van der Waals surface area contributed by atoms with E-state index in [2.05, 4.69) is 20.9 Å². The predicted octanol–water partition coefficient (Wildman–Crippen LogP) is 2.60. The SMILES string of the molecule is CN=C(NCC(C)Oc1ccccc1F)NC1CCCC(C(=O)NC2CC2)C1. The van der Waals surface area contributed by atoms with Crippen molar-refractivity contribution in [1.29, 1.82) is 0 Å². The first-order valence-electron chi connectivity index (χ1n) is 10.2. The van der Waals surface area contributed by atoms with Crippen LogP contribution in [0.4, 0.5) is 4.39 Å². The van der Waals surface area contributed by atoms with Crippen LogP contribution in [0.1, 0.15) is 45.4 Å². The molecule has 1 aromatic rings. The fourth-order valence-electron chi connectivity index (χ4n) is 3.53. The Morgan fingerprint density at radius 2 is 2.00 bits per heavy atom. The first kappa shape index (κ1) is 20.4. The molecule has 0 spiro atoms. The predicted molar refractivity (Wildman–Crippen MR) is 108 cm³/mol. The van der Waals surface area contributed by atoms with Crippen molar-refractivity contribution in [2.75, 3.05) is 13.6 Å². The maximum absolute atomic E-state index is 13.7. The molecule has 2 fully saturated rings. The standard InChI is InChI=1S/C21H31FN4O2/c1-14(28-19-9-4-3-8-18(19)22)13-24-21(23-2)26-17-7-5-6-15(12-17)20(27)25-16-10-11-16/h3-4,8-9,14-17H,5-7,10-13H2,1-2H3,(H,25,27)(H2,23,24,26). The minimum atomic E-state index is -0.366. The van der Waals surface area contributed by atoms with Crippen molar-refractivity contribution in [2.24, 2.45) is 10.9 Å². The molecule has 3 N–H and O–H groups in total. The van der Waals surface area contributed by atoms with Gasteiger partial charge >= 0.3 is 0 Å². The number of hydrogen-bond acceptors (Lipinski definition) is 3. The van der Waals surface area contributed by atoms with E-state index in [1.165, 1.54) is 6.07 Å². The van der Waals surface area contributed by atoms with Gasteiger partial charge < -0.3 is 20.7 Å². The van der Waals surface area contributed by atoms with Gasteiger partial charge in [-0.2, -0.15) is 0 Å². The molecule has 3 unspecified atom stereocenters. The average molecular weight is 391 g/mol. The molecule has 0 aliphatic heterocycles. The monoisotopic (exact) mass is 390 g/mol. The van der Waals surface area contributed by atoms with E-state index in [0.29, 0.717) is 18.5 Å². The smallest absolute Gasteiger partial charge is 0.223 e. The summed E-state index contributed by atoms with van der Waals surface area (Å²) in [4.78, 5) is 16.6. The van der Waals surface area contributed by atoms with Crippen LogP contribution in [0.5, 0.6) is 5.75 Å². The first-order chi connectivity index (χ1) is 13.5. The molecule has 0 radical (unpaired) electrons. The van der Waals surface area contributed by atoms with Gasteiger partial charge in [-0.05, 0) is 51.2 Å². The molecule has 6 nitrogen and oxygen atoms in total.